The van der Waals surface area contributed by atoms with Crippen LogP contribution < -0.4 is 5.32 Å². The molecule has 1 amide bonds. The van der Waals surface area contributed by atoms with Crippen molar-refractivity contribution >= 4 is 5.91 Å². The summed E-state index contributed by atoms with van der Waals surface area (Å²) in [4.78, 5) is 12.2. The summed E-state index contributed by atoms with van der Waals surface area (Å²) in [5, 5.41) is 22.7. The van der Waals surface area contributed by atoms with E-state index >= 15 is 0 Å². The molecule has 0 aliphatic carbocycles. The molecule has 3 N–H and O–H groups in total. The lowest BCUT2D eigenvalue weighted by Gasteiger charge is -2.20. The van der Waals surface area contributed by atoms with Crippen LogP contribution in [-0.4, -0.2) is 34.9 Å². The van der Waals surface area contributed by atoms with Crippen molar-refractivity contribution in [3.63, 3.8) is 0 Å². The van der Waals surface area contributed by atoms with Gasteiger partial charge in [0.05, 0.1) is 18.8 Å². The third kappa shape index (κ3) is 24.3. The predicted octanol–water partition coefficient (Wildman–Crippen LogP) is 8.17. The number of rotatable bonds is 26. The molecule has 0 rings (SSSR count). The molecule has 2 atom stereocenters. The number of carbonyl (C=O) groups excluding carboxylic acids is 1. The van der Waals surface area contributed by atoms with Crippen molar-refractivity contribution in [2.75, 3.05) is 6.61 Å². The summed E-state index contributed by atoms with van der Waals surface area (Å²) in [6.45, 7) is 4.22. The van der Waals surface area contributed by atoms with Gasteiger partial charge in [-0.25, -0.2) is 0 Å². The Balaban J connectivity index is 3.71. The van der Waals surface area contributed by atoms with Crippen molar-refractivity contribution in [2.24, 2.45) is 0 Å². The molecule has 4 nitrogen and oxygen atoms in total. The Morgan fingerprint density at radius 2 is 1.11 bits per heavy atom. The van der Waals surface area contributed by atoms with Gasteiger partial charge in [0.1, 0.15) is 0 Å². The van der Waals surface area contributed by atoms with Crippen LogP contribution in [0.5, 0.6) is 0 Å². The fraction of sp³-hybridized carbons (Fsp3) is 0.839. The first-order chi connectivity index (χ1) is 17.2. The zero-order chi connectivity index (χ0) is 25.8. The van der Waals surface area contributed by atoms with Crippen molar-refractivity contribution in [3.05, 3.63) is 24.3 Å². The maximum atomic E-state index is 12.2. The second kappa shape index (κ2) is 27.5. The Labute approximate surface area is 218 Å². The summed E-state index contributed by atoms with van der Waals surface area (Å²) in [6, 6.07) is -0.621. The molecule has 35 heavy (non-hydrogen) atoms. The largest absolute Gasteiger partial charge is 0.394 e. The lowest BCUT2D eigenvalue weighted by molar-refractivity contribution is -0.123. The SMILES string of the molecule is CCCC/C=C\CCCCCCC(=O)NC(CO)C(O)/C=C/CCCCCCCCCCCCC. The summed E-state index contributed by atoms with van der Waals surface area (Å²) in [5.41, 5.74) is 0. The highest BCUT2D eigenvalue weighted by Crippen LogP contribution is 2.12. The molecule has 0 saturated heterocycles. The first kappa shape index (κ1) is 33.9. The van der Waals surface area contributed by atoms with Gasteiger partial charge in [-0.05, 0) is 38.5 Å². The van der Waals surface area contributed by atoms with Crippen molar-refractivity contribution in [1.29, 1.82) is 0 Å². The van der Waals surface area contributed by atoms with Crippen LogP contribution in [0.1, 0.15) is 149 Å². The Hall–Kier alpha value is -1.13. The highest BCUT2D eigenvalue weighted by molar-refractivity contribution is 5.76. The highest BCUT2D eigenvalue weighted by atomic mass is 16.3. The van der Waals surface area contributed by atoms with E-state index in [1.165, 1.54) is 89.9 Å². The number of carbonyl (C=O) groups is 1. The van der Waals surface area contributed by atoms with Gasteiger partial charge in [0.15, 0.2) is 0 Å². The molecule has 0 bridgehead atoms. The minimum absolute atomic E-state index is 0.0821. The van der Waals surface area contributed by atoms with E-state index in [4.69, 9.17) is 0 Å². The van der Waals surface area contributed by atoms with Crippen molar-refractivity contribution in [3.8, 4) is 0 Å². The lowest BCUT2D eigenvalue weighted by Crippen LogP contribution is -2.45. The van der Waals surface area contributed by atoms with Crippen molar-refractivity contribution < 1.29 is 15.0 Å². The Kier molecular flexibility index (Phi) is 26.6. The molecule has 0 spiro atoms. The van der Waals surface area contributed by atoms with Crippen molar-refractivity contribution in [2.45, 2.75) is 161 Å². The predicted molar refractivity (Wildman–Crippen MR) is 152 cm³/mol. The molecule has 0 aromatic carbocycles. The number of hydrogen-bond donors (Lipinski definition) is 3. The molecular formula is C31H59NO3. The molecule has 0 aliphatic rings. The topological polar surface area (TPSA) is 69.6 Å². The fourth-order valence-corrected chi connectivity index (χ4v) is 4.27. The number of nitrogens with one attached hydrogen (secondary N) is 1. The smallest absolute Gasteiger partial charge is 0.220 e. The van der Waals surface area contributed by atoms with Gasteiger partial charge >= 0.3 is 0 Å². The van der Waals surface area contributed by atoms with E-state index in [1.807, 2.05) is 6.08 Å². The third-order valence-corrected chi connectivity index (χ3v) is 6.68. The maximum absolute atomic E-state index is 12.2. The minimum atomic E-state index is -0.837. The summed E-state index contributed by atoms with van der Waals surface area (Å²) >= 11 is 0. The van der Waals surface area contributed by atoms with E-state index in [-0.39, 0.29) is 12.5 Å². The molecule has 4 heteroatoms. The van der Waals surface area contributed by atoms with Gasteiger partial charge < -0.3 is 15.5 Å². The van der Waals surface area contributed by atoms with Gasteiger partial charge in [-0.3, -0.25) is 4.79 Å². The molecule has 2 unspecified atom stereocenters. The minimum Gasteiger partial charge on any atom is -0.394 e. The van der Waals surface area contributed by atoms with Gasteiger partial charge in [0.25, 0.3) is 0 Å². The maximum Gasteiger partial charge on any atom is 0.220 e. The summed E-state index contributed by atoms with van der Waals surface area (Å²) < 4.78 is 0. The number of aliphatic hydroxyl groups is 2. The lowest BCUT2D eigenvalue weighted by atomic mass is 10.0. The number of allylic oxidation sites excluding steroid dienone is 3. The number of aliphatic hydroxyl groups excluding tert-OH is 2. The van der Waals surface area contributed by atoms with Crippen LogP contribution >= 0.6 is 0 Å². The van der Waals surface area contributed by atoms with Crippen LogP contribution in [0.15, 0.2) is 24.3 Å². The molecular weight excluding hydrogens is 434 g/mol. The van der Waals surface area contributed by atoms with Crippen LogP contribution in [0.2, 0.25) is 0 Å². The van der Waals surface area contributed by atoms with E-state index < -0.39 is 12.1 Å². The molecule has 0 aliphatic heterocycles. The zero-order valence-electron chi connectivity index (χ0n) is 23.3. The molecule has 0 aromatic heterocycles. The van der Waals surface area contributed by atoms with Crippen LogP contribution in [-0.2, 0) is 4.79 Å². The Morgan fingerprint density at radius 3 is 1.66 bits per heavy atom. The van der Waals surface area contributed by atoms with E-state index in [2.05, 4.69) is 31.3 Å². The first-order valence-electron chi connectivity index (χ1n) is 15.1. The molecule has 0 saturated carbocycles. The molecule has 206 valence electrons. The molecule has 0 aromatic rings. The Bertz CT molecular complexity index is 503. The normalized spacial score (nSPS) is 13.6. The first-order valence-corrected chi connectivity index (χ1v) is 15.1. The second-order valence-electron chi connectivity index (χ2n) is 10.2. The van der Waals surface area contributed by atoms with E-state index in [9.17, 15) is 15.0 Å². The molecule has 0 heterocycles. The summed E-state index contributed by atoms with van der Waals surface area (Å²) in [5.74, 6) is -0.0821. The number of hydrogen-bond acceptors (Lipinski definition) is 3. The van der Waals surface area contributed by atoms with Gasteiger partial charge in [-0.2, -0.15) is 0 Å². The molecule has 0 fully saturated rings. The summed E-state index contributed by atoms with van der Waals surface area (Å²) in [6.07, 6.45) is 32.5. The average molecular weight is 494 g/mol. The van der Waals surface area contributed by atoms with E-state index in [0.717, 1.165) is 38.5 Å². The van der Waals surface area contributed by atoms with Crippen LogP contribution in [0, 0.1) is 0 Å². The van der Waals surface area contributed by atoms with Crippen LogP contribution in [0.3, 0.4) is 0 Å². The zero-order valence-corrected chi connectivity index (χ0v) is 23.3. The van der Waals surface area contributed by atoms with Crippen molar-refractivity contribution in [1.82, 2.24) is 5.32 Å². The highest BCUT2D eigenvalue weighted by Gasteiger charge is 2.17. The van der Waals surface area contributed by atoms with Gasteiger partial charge in [-0.1, -0.05) is 128 Å². The number of unbranched alkanes of at least 4 members (excludes halogenated alkanes) is 17. The van der Waals surface area contributed by atoms with Crippen LogP contribution in [0.4, 0.5) is 0 Å². The van der Waals surface area contributed by atoms with Crippen LogP contribution in [0.25, 0.3) is 0 Å². The average Bonchev–Trinajstić information content (AvgIpc) is 2.86. The fourth-order valence-electron chi connectivity index (χ4n) is 4.27. The second-order valence-corrected chi connectivity index (χ2v) is 10.2. The van der Waals surface area contributed by atoms with E-state index in [0.29, 0.717) is 6.42 Å². The van der Waals surface area contributed by atoms with Gasteiger partial charge in [0.2, 0.25) is 5.91 Å². The third-order valence-electron chi connectivity index (χ3n) is 6.68. The van der Waals surface area contributed by atoms with Gasteiger partial charge in [0, 0.05) is 6.42 Å². The Morgan fingerprint density at radius 1 is 0.657 bits per heavy atom. The monoisotopic (exact) mass is 493 g/mol. The van der Waals surface area contributed by atoms with Gasteiger partial charge in [-0.15, -0.1) is 0 Å². The number of amides is 1. The quantitative estimate of drug-likeness (QED) is 0.0840. The summed E-state index contributed by atoms with van der Waals surface area (Å²) in [7, 11) is 0. The molecule has 0 radical (unpaired) electrons. The van der Waals surface area contributed by atoms with E-state index in [1.54, 1.807) is 6.08 Å². The standard InChI is InChI=1S/C31H59NO3/c1-3-5-7-9-11-13-15-16-17-18-20-22-24-26-30(34)29(28-33)32-31(35)27-25-23-21-19-14-12-10-8-6-4-2/h10,12,24,26,29-30,33-34H,3-9,11,13-23,25,27-28H2,1-2H3,(H,32,35)/b12-10-,26-24+.